The molecule has 0 atom stereocenters. The van der Waals surface area contributed by atoms with E-state index >= 15 is 0 Å². The minimum absolute atomic E-state index is 0.00248. The summed E-state index contributed by atoms with van der Waals surface area (Å²) >= 11 is 0. The summed E-state index contributed by atoms with van der Waals surface area (Å²) in [5, 5.41) is 3.10. The van der Waals surface area contributed by atoms with Crippen molar-refractivity contribution in [2.45, 2.75) is 38.6 Å². The van der Waals surface area contributed by atoms with Gasteiger partial charge in [-0.2, -0.15) is 0 Å². The number of carbonyl (C=O) groups is 2. The number of piperidine rings is 1. The fourth-order valence-corrected chi connectivity index (χ4v) is 3.60. The Labute approximate surface area is 177 Å². The van der Waals surface area contributed by atoms with Crippen LogP contribution in [0, 0.1) is 0 Å². The fraction of sp³-hybridized carbons (Fsp3) is 0.435. The first-order valence-electron chi connectivity index (χ1n) is 10.4. The van der Waals surface area contributed by atoms with Gasteiger partial charge in [-0.25, -0.2) is 0 Å². The van der Waals surface area contributed by atoms with Crippen molar-refractivity contribution >= 4 is 11.8 Å². The largest absolute Gasteiger partial charge is 0.493 e. The summed E-state index contributed by atoms with van der Waals surface area (Å²) in [5.74, 6) is 1.42. The van der Waals surface area contributed by atoms with E-state index in [1.54, 1.807) is 31.6 Å². The van der Waals surface area contributed by atoms with Crippen LogP contribution >= 0.6 is 0 Å². The van der Waals surface area contributed by atoms with Crippen LogP contribution in [-0.2, 0) is 11.2 Å². The third-order valence-electron chi connectivity index (χ3n) is 5.22. The van der Waals surface area contributed by atoms with Gasteiger partial charge in [0.25, 0.3) is 5.91 Å². The Balaban J connectivity index is 1.43. The van der Waals surface area contributed by atoms with Gasteiger partial charge in [0.2, 0.25) is 5.91 Å². The second-order valence-electron chi connectivity index (χ2n) is 7.29. The standard InChI is InChI=1S/C23H29N3O4/c1-3-30-20-8-6-17(15-21(20)29-2)7-9-22(27)25-19-10-13-26(14-11-19)23(28)18-5-4-12-24-16-18/h4-6,8,12,15-16,19H,3,7,9-11,13-14H2,1-2H3,(H,25,27). The van der Waals surface area contributed by atoms with Crippen molar-refractivity contribution in [3.05, 3.63) is 53.9 Å². The highest BCUT2D eigenvalue weighted by Crippen LogP contribution is 2.28. The van der Waals surface area contributed by atoms with E-state index in [4.69, 9.17) is 9.47 Å². The second-order valence-corrected chi connectivity index (χ2v) is 7.29. The number of methoxy groups -OCH3 is 1. The number of likely N-dealkylation sites (tertiary alicyclic amines) is 1. The van der Waals surface area contributed by atoms with Gasteiger partial charge in [0.1, 0.15) is 0 Å². The Hall–Kier alpha value is -3.09. The highest BCUT2D eigenvalue weighted by molar-refractivity contribution is 5.93. The van der Waals surface area contributed by atoms with Gasteiger partial charge in [0.15, 0.2) is 11.5 Å². The molecule has 1 aliphatic heterocycles. The molecule has 1 aromatic heterocycles. The summed E-state index contributed by atoms with van der Waals surface area (Å²) in [6, 6.07) is 9.40. The monoisotopic (exact) mass is 411 g/mol. The van der Waals surface area contributed by atoms with Gasteiger partial charge in [-0.1, -0.05) is 6.07 Å². The molecule has 160 valence electrons. The van der Waals surface area contributed by atoms with Crippen molar-refractivity contribution in [2.24, 2.45) is 0 Å². The second kappa shape index (κ2) is 10.6. The zero-order valence-corrected chi connectivity index (χ0v) is 17.6. The topological polar surface area (TPSA) is 80.8 Å². The molecular formula is C23H29N3O4. The number of aromatic nitrogens is 1. The number of hydrogen-bond acceptors (Lipinski definition) is 5. The van der Waals surface area contributed by atoms with Crippen molar-refractivity contribution in [1.29, 1.82) is 0 Å². The van der Waals surface area contributed by atoms with E-state index < -0.39 is 0 Å². The number of carbonyl (C=O) groups excluding carboxylic acids is 2. The Bertz CT molecular complexity index is 849. The van der Waals surface area contributed by atoms with Crippen molar-refractivity contribution in [2.75, 3.05) is 26.8 Å². The van der Waals surface area contributed by atoms with E-state index in [-0.39, 0.29) is 17.9 Å². The molecule has 1 saturated heterocycles. The lowest BCUT2D eigenvalue weighted by atomic mass is 10.0. The smallest absolute Gasteiger partial charge is 0.255 e. The molecule has 0 unspecified atom stereocenters. The van der Waals surface area contributed by atoms with Gasteiger partial charge in [-0.3, -0.25) is 14.6 Å². The SMILES string of the molecule is CCOc1ccc(CCC(=O)NC2CCN(C(=O)c3cccnc3)CC2)cc1OC. The molecule has 0 radical (unpaired) electrons. The van der Waals surface area contributed by atoms with E-state index in [0.717, 1.165) is 18.4 Å². The van der Waals surface area contributed by atoms with Gasteiger partial charge in [-0.15, -0.1) is 0 Å². The van der Waals surface area contributed by atoms with Crippen LogP contribution in [0.4, 0.5) is 0 Å². The van der Waals surface area contributed by atoms with Crippen LogP contribution in [0.5, 0.6) is 11.5 Å². The van der Waals surface area contributed by atoms with E-state index in [9.17, 15) is 9.59 Å². The lowest BCUT2D eigenvalue weighted by Gasteiger charge is -2.32. The van der Waals surface area contributed by atoms with Gasteiger partial charge in [0.05, 0.1) is 19.3 Å². The van der Waals surface area contributed by atoms with Gasteiger partial charge < -0.3 is 19.7 Å². The van der Waals surface area contributed by atoms with Crippen LogP contribution < -0.4 is 14.8 Å². The maximum absolute atomic E-state index is 12.5. The summed E-state index contributed by atoms with van der Waals surface area (Å²) < 4.78 is 10.9. The molecule has 7 nitrogen and oxygen atoms in total. The average Bonchev–Trinajstić information content (AvgIpc) is 2.79. The molecule has 1 aromatic carbocycles. The van der Waals surface area contributed by atoms with Crippen LogP contribution in [0.15, 0.2) is 42.7 Å². The van der Waals surface area contributed by atoms with Crippen molar-refractivity contribution in [1.82, 2.24) is 15.2 Å². The third-order valence-corrected chi connectivity index (χ3v) is 5.22. The Morgan fingerprint density at radius 2 is 2.00 bits per heavy atom. The van der Waals surface area contributed by atoms with Crippen molar-refractivity contribution in [3.63, 3.8) is 0 Å². The molecular weight excluding hydrogens is 382 g/mol. The molecule has 2 aromatic rings. The number of hydrogen-bond donors (Lipinski definition) is 1. The first kappa shape index (κ1) is 21.6. The zero-order valence-electron chi connectivity index (χ0n) is 17.6. The molecule has 0 spiro atoms. The van der Waals surface area contributed by atoms with E-state index in [1.165, 1.54) is 0 Å². The maximum atomic E-state index is 12.5. The summed E-state index contributed by atoms with van der Waals surface area (Å²) in [7, 11) is 1.61. The number of amides is 2. The molecule has 1 N–H and O–H groups in total. The van der Waals surface area contributed by atoms with Crippen molar-refractivity contribution < 1.29 is 19.1 Å². The summed E-state index contributed by atoms with van der Waals surface area (Å²) in [4.78, 5) is 30.7. The maximum Gasteiger partial charge on any atom is 0.255 e. The molecule has 30 heavy (non-hydrogen) atoms. The average molecular weight is 412 g/mol. The molecule has 3 rings (SSSR count). The van der Waals surface area contributed by atoms with E-state index in [0.29, 0.717) is 49.6 Å². The predicted molar refractivity (Wildman–Crippen MR) is 114 cm³/mol. The number of nitrogens with one attached hydrogen (secondary N) is 1. The van der Waals surface area contributed by atoms with Crippen molar-refractivity contribution in [3.8, 4) is 11.5 Å². The number of benzene rings is 1. The normalized spacial score (nSPS) is 14.3. The molecule has 1 aliphatic rings. The Morgan fingerprint density at radius 1 is 1.20 bits per heavy atom. The number of pyridine rings is 1. The quantitative estimate of drug-likeness (QED) is 0.722. The molecule has 7 heteroatoms. The van der Waals surface area contributed by atoms with Crippen LogP contribution in [0.3, 0.4) is 0 Å². The lowest BCUT2D eigenvalue weighted by Crippen LogP contribution is -2.46. The van der Waals surface area contributed by atoms with Crippen LogP contribution in [0.25, 0.3) is 0 Å². The molecule has 2 heterocycles. The highest BCUT2D eigenvalue weighted by Gasteiger charge is 2.24. The Kier molecular flexibility index (Phi) is 7.65. The zero-order chi connectivity index (χ0) is 21.3. The molecule has 0 bridgehead atoms. The fourth-order valence-electron chi connectivity index (χ4n) is 3.60. The first-order valence-corrected chi connectivity index (χ1v) is 10.4. The highest BCUT2D eigenvalue weighted by atomic mass is 16.5. The van der Waals surface area contributed by atoms with Crippen LogP contribution in [-0.4, -0.2) is 54.5 Å². The molecule has 2 amide bonds. The minimum Gasteiger partial charge on any atom is -0.493 e. The van der Waals surface area contributed by atoms with E-state index in [1.807, 2.05) is 30.0 Å². The number of aryl methyl sites for hydroxylation is 1. The van der Waals surface area contributed by atoms with Gasteiger partial charge >= 0.3 is 0 Å². The Morgan fingerprint density at radius 3 is 2.67 bits per heavy atom. The minimum atomic E-state index is -0.00248. The molecule has 0 saturated carbocycles. The summed E-state index contributed by atoms with van der Waals surface area (Å²) in [6.07, 6.45) is 5.80. The van der Waals surface area contributed by atoms with Crippen LogP contribution in [0.2, 0.25) is 0 Å². The molecule has 0 aliphatic carbocycles. The number of nitrogens with zero attached hydrogens (tertiary/aromatic N) is 2. The van der Waals surface area contributed by atoms with Gasteiger partial charge in [0, 0.05) is 37.9 Å². The lowest BCUT2D eigenvalue weighted by molar-refractivity contribution is -0.122. The van der Waals surface area contributed by atoms with Crippen LogP contribution in [0.1, 0.15) is 42.1 Å². The van der Waals surface area contributed by atoms with E-state index in [2.05, 4.69) is 10.3 Å². The van der Waals surface area contributed by atoms with Gasteiger partial charge in [-0.05, 0) is 56.0 Å². The molecule has 1 fully saturated rings. The first-order chi connectivity index (χ1) is 14.6. The predicted octanol–water partition coefficient (Wildman–Crippen LogP) is 2.84. The number of rotatable bonds is 8. The summed E-state index contributed by atoms with van der Waals surface area (Å²) in [6.45, 7) is 3.77. The number of ether oxygens (including phenoxy) is 2. The summed E-state index contributed by atoms with van der Waals surface area (Å²) in [5.41, 5.74) is 1.63. The third kappa shape index (κ3) is 5.72.